The molecule has 436 valence electrons. The maximum atomic E-state index is 15.0. The number of carbonyl (C=O) groups is 1. The Bertz CT molecular complexity index is 3580. The summed E-state index contributed by atoms with van der Waals surface area (Å²) >= 11 is 0. The molecule has 4 saturated heterocycles. The number of para-hydroxylation sites is 1. The van der Waals surface area contributed by atoms with Gasteiger partial charge in [-0.15, -0.1) is 0 Å². The Labute approximate surface area is 482 Å². The summed E-state index contributed by atoms with van der Waals surface area (Å²) in [4.78, 5) is 49.0. The number of aromatic amines is 1. The van der Waals surface area contributed by atoms with Gasteiger partial charge in [-0.05, 0) is 125 Å². The number of nitro groups is 1. The number of rotatable bonds is 12. The van der Waals surface area contributed by atoms with E-state index in [0.29, 0.717) is 61.8 Å². The van der Waals surface area contributed by atoms with Crippen LogP contribution in [0.25, 0.3) is 11.0 Å². The van der Waals surface area contributed by atoms with Crippen LogP contribution in [-0.2, 0) is 25.9 Å². The van der Waals surface area contributed by atoms with E-state index < -0.39 is 37.5 Å². The van der Waals surface area contributed by atoms with Crippen LogP contribution in [0.15, 0.2) is 90.1 Å². The van der Waals surface area contributed by atoms with E-state index in [0.717, 1.165) is 119 Å². The van der Waals surface area contributed by atoms with Crippen molar-refractivity contribution in [2.24, 2.45) is 11.3 Å². The highest BCUT2D eigenvalue weighted by molar-refractivity contribution is 7.90. The van der Waals surface area contributed by atoms with Crippen LogP contribution in [0, 0.1) is 21.4 Å². The van der Waals surface area contributed by atoms with Gasteiger partial charge >= 0.3 is 0 Å². The molecule has 1 aliphatic carbocycles. The average Bonchev–Trinajstić information content (AvgIpc) is 3.80. The van der Waals surface area contributed by atoms with Crippen LogP contribution >= 0.6 is 0 Å². The molecule has 21 nitrogen and oxygen atoms in total. The first kappa shape index (κ1) is 53.6. The number of carbonyl (C=O) groups excluding carboxylic acids is 1. The van der Waals surface area contributed by atoms with Crippen LogP contribution < -0.4 is 43.7 Å². The summed E-state index contributed by atoms with van der Waals surface area (Å²) in [6.07, 6.45) is 11.6. The van der Waals surface area contributed by atoms with Gasteiger partial charge in [0.2, 0.25) is 11.8 Å². The number of amides is 1. The van der Waals surface area contributed by atoms with Crippen LogP contribution in [0.3, 0.4) is 0 Å². The average molecular weight is 1150 g/mol. The summed E-state index contributed by atoms with van der Waals surface area (Å²) in [7, 11) is -4.72. The minimum atomic E-state index is -4.72. The number of nitro benzene ring substituents is 1. The number of fused-ring (bicyclic) bond motifs is 5. The molecule has 4 atom stereocenters. The Morgan fingerprint density at radius 3 is 2.54 bits per heavy atom. The lowest BCUT2D eigenvalue weighted by Crippen LogP contribution is -2.60. The smallest absolute Gasteiger partial charge is 0.297 e. The van der Waals surface area contributed by atoms with E-state index in [2.05, 4.69) is 78.8 Å². The third kappa shape index (κ3) is 10.2. The predicted molar refractivity (Wildman–Crippen MR) is 311 cm³/mol. The monoisotopic (exact) mass is 1150 g/mol. The Kier molecular flexibility index (Phi) is 14.0. The summed E-state index contributed by atoms with van der Waals surface area (Å²) in [6, 6.07) is 22.5. The van der Waals surface area contributed by atoms with Gasteiger partial charge in [-0.1, -0.05) is 18.2 Å². The van der Waals surface area contributed by atoms with Crippen molar-refractivity contribution in [3.8, 4) is 23.3 Å². The molecule has 6 aromatic rings. The number of piperidine rings is 1. The summed E-state index contributed by atoms with van der Waals surface area (Å²) < 4.78 is 67.8. The highest BCUT2D eigenvalue weighted by Crippen LogP contribution is 2.54. The standard InChI is InChI=1S/C61H70N10O11S/c1-37(2)81-53-8-4-3-7-45(53)52-34-68(42-26-40-6-5-22-79-59(40)63-33-42)20-21-69(52)43-31-61(32-43)15-18-67(19-16-61)41-9-10-46(49(28-41)70-48-14-25-78-36-55(48)82-60-51(70)27-39-11-17-62-57(39)65-60)58(72)66-83(75,76)44-29-50(71(73)74)56-54(30-44)80-35-47(64-56)38-12-23-77-24-13-38/h3-4,7-11,17,26-30,33,37-38,43,47-48,52,55,64H,5-6,12-16,18-25,31-32,34-36H2,1-2H3,(H,62,65)(H,66,72)/t47-,48-,52-,55-/m0/s1. The van der Waals surface area contributed by atoms with Gasteiger partial charge in [0.1, 0.15) is 29.8 Å². The summed E-state index contributed by atoms with van der Waals surface area (Å²) in [5.41, 5.74) is 6.06. The van der Waals surface area contributed by atoms with E-state index in [9.17, 15) is 23.3 Å². The first-order valence-electron chi connectivity index (χ1n) is 29.5. The van der Waals surface area contributed by atoms with Gasteiger partial charge in [0, 0.05) is 99.1 Å². The zero-order valence-electron chi connectivity index (χ0n) is 46.8. The molecular weight excluding hydrogens is 1080 g/mol. The first-order chi connectivity index (χ1) is 40.3. The van der Waals surface area contributed by atoms with Crippen LogP contribution in [0.2, 0.25) is 0 Å². The molecule has 3 N–H and O–H groups in total. The number of hydrogen-bond donors (Lipinski definition) is 3. The fourth-order valence-electron chi connectivity index (χ4n) is 14.3. The summed E-state index contributed by atoms with van der Waals surface area (Å²) in [5.74, 6) is 1.32. The third-order valence-corrected chi connectivity index (χ3v) is 19.9. The lowest BCUT2D eigenvalue weighted by atomic mass is 9.59. The van der Waals surface area contributed by atoms with Crippen molar-refractivity contribution >= 4 is 61.1 Å². The lowest BCUT2D eigenvalue weighted by molar-refractivity contribution is -0.384. The number of benzene rings is 3. The van der Waals surface area contributed by atoms with E-state index >= 15 is 0 Å². The SMILES string of the molecule is CC(C)Oc1ccccc1[C@@H]1CN(c2cnc3c(c2)CCCO3)CCN1C1CC2(CCN(c3ccc(C(=O)NS(=O)(=O)c4cc5c(c([N+](=O)[O-])c4)N[C@H](C4CCOCC4)CO5)c(N4c5cc6cc[nH]c6nc5O[C@H]5COCC[C@@H]54)c3)CC2)C1. The van der Waals surface area contributed by atoms with Crippen molar-refractivity contribution in [3.05, 3.63) is 112 Å². The van der Waals surface area contributed by atoms with Crippen molar-refractivity contribution < 1.29 is 46.6 Å². The molecule has 8 aliphatic rings. The van der Waals surface area contributed by atoms with Gasteiger partial charge in [-0.2, -0.15) is 4.98 Å². The Balaban J connectivity index is 0.739. The Morgan fingerprint density at radius 2 is 1.71 bits per heavy atom. The molecule has 1 amide bonds. The van der Waals surface area contributed by atoms with Gasteiger partial charge in [-0.25, -0.2) is 18.1 Å². The topological polar surface area (TPSA) is 228 Å². The van der Waals surface area contributed by atoms with Crippen LogP contribution in [-0.4, -0.2) is 142 Å². The molecule has 7 aliphatic heterocycles. The number of sulfonamides is 1. The van der Waals surface area contributed by atoms with Gasteiger partial charge in [0.15, 0.2) is 11.4 Å². The van der Waals surface area contributed by atoms with Gasteiger partial charge in [0.05, 0.1) is 70.4 Å². The normalized spacial score (nSPS) is 23.6. The number of anilines is 5. The zero-order chi connectivity index (χ0) is 56.6. The molecule has 10 heterocycles. The van der Waals surface area contributed by atoms with Crippen LogP contribution in [0.1, 0.15) is 92.7 Å². The number of nitrogens with zero attached hydrogens (tertiary/aromatic N) is 7. The maximum absolute atomic E-state index is 15.0. The number of H-pyrrole nitrogens is 1. The summed E-state index contributed by atoms with van der Waals surface area (Å²) in [5, 5.41) is 16.7. The van der Waals surface area contributed by atoms with Crippen LogP contribution in [0.4, 0.5) is 34.1 Å². The Hall–Kier alpha value is -7.40. The minimum absolute atomic E-state index is 0.0240. The molecule has 5 fully saturated rings. The molecule has 0 bridgehead atoms. The van der Waals surface area contributed by atoms with Gasteiger partial charge < -0.3 is 53.4 Å². The third-order valence-electron chi connectivity index (χ3n) is 18.6. The van der Waals surface area contributed by atoms with Crippen molar-refractivity contribution in [1.82, 2.24) is 24.6 Å². The molecule has 1 spiro atoms. The summed E-state index contributed by atoms with van der Waals surface area (Å²) in [6.45, 7) is 11.1. The predicted octanol–water partition coefficient (Wildman–Crippen LogP) is 8.70. The highest BCUT2D eigenvalue weighted by Gasteiger charge is 2.51. The number of hydrogen-bond acceptors (Lipinski definition) is 18. The molecular formula is C61H70N10O11S. The molecule has 1 saturated carbocycles. The lowest BCUT2D eigenvalue weighted by Gasteiger charge is -2.58. The van der Waals surface area contributed by atoms with Gasteiger partial charge in [-0.3, -0.25) is 19.8 Å². The molecule has 3 aromatic heterocycles. The first-order valence-corrected chi connectivity index (χ1v) is 31.0. The number of piperazine rings is 1. The number of aromatic nitrogens is 3. The molecule has 0 radical (unpaired) electrons. The van der Waals surface area contributed by atoms with E-state index in [1.807, 2.05) is 36.7 Å². The fraction of sp³-hybridized carbons (Fsp3) is 0.492. The minimum Gasteiger partial charge on any atom is -0.491 e. The molecule has 0 unspecified atom stereocenters. The van der Waals surface area contributed by atoms with E-state index in [-0.39, 0.29) is 65.8 Å². The number of nitrogens with one attached hydrogen (secondary N) is 3. The van der Waals surface area contributed by atoms with E-state index in [4.69, 9.17) is 38.4 Å². The second-order valence-corrected chi connectivity index (χ2v) is 25.7. The molecule has 83 heavy (non-hydrogen) atoms. The second-order valence-electron chi connectivity index (χ2n) is 24.0. The quantitative estimate of drug-likeness (QED) is 0.0769. The maximum Gasteiger partial charge on any atom is 0.297 e. The zero-order valence-corrected chi connectivity index (χ0v) is 47.6. The van der Waals surface area contributed by atoms with E-state index in [1.54, 1.807) is 6.07 Å². The number of pyridine rings is 2. The van der Waals surface area contributed by atoms with Crippen molar-refractivity contribution in [1.29, 1.82) is 0 Å². The largest absolute Gasteiger partial charge is 0.491 e. The molecule has 3 aromatic carbocycles. The van der Waals surface area contributed by atoms with Crippen molar-refractivity contribution in [2.75, 3.05) is 92.4 Å². The number of aryl methyl sites for hydroxylation is 1. The van der Waals surface area contributed by atoms with E-state index in [1.165, 1.54) is 17.2 Å². The van der Waals surface area contributed by atoms with Gasteiger partial charge in [0.25, 0.3) is 21.6 Å². The fourth-order valence-corrected chi connectivity index (χ4v) is 15.3. The highest BCUT2D eigenvalue weighted by atomic mass is 32.2. The molecule has 14 rings (SSSR count). The second kappa shape index (κ2) is 21.7. The van der Waals surface area contributed by atoms with Crippen molar-refractivity contribution in [2.45, 2.75) is 113 Å². The van der Waals surface area contributed by atoms with Crippen molar-refractivity contribution in [3.63, 3.8) is 0 Å². The van der Waals surface area contributed by atoms with Crippen LogP contribution in [0.5, 0.6) is 23.3 Å². The Morgan fingerprint density at radius 1 is 0.880 bits per heavy atom. The molecule has 22 heteroatoms. The number of ether oxygens (including phenoxy) is 6.